The summed E-state index contributed by atoms with van der Waals surface area (Å²) in [4.78, 5) is 24.6. The zero-order valence-electron chi connectivity index (χ0n) is 14.1. The average molecular weight is 417 g/mol. The SMILES string of the molecule is O=C(c1cc(Br)ccc1F)N1CCCN(c2nc3ccccc3[nH]2)CC1. The fourth-order valence-corrected chi connectivity index (χ4v) is 3.61. The maximum Gasteiger partial charge on any atom is 0.256 e. The molecule has 1 amide bonds. The number of rotatable bonds is 2. The monoisotopic (exact) mass is 416 g/mol. The predicted octanol–water partition coefficient (Wildman–Crippen LogP) is 3.82. The maximum atomic E-state index is 14.0. The Morgan fingerprint density at radius 2 is 1.96 bits per heavy atom. The second-order valence-corrected chi connectivity index (χ2v) is 7.25. The molecule has 2 heterocycles. The number of carbonyl (C=O) groups is 1. The van der Waals surface area contributed by atoms with E-state index in [2.05, 4.69) is 30.8 Å². The lowest BCUT2D eigenvalue weighted by Crippen LogP contribution is -2.35. The van der Waals surface area contributed by atoms with E-state index in [0.717, 1.165) is 29.9 Å². The van der Waals surface area contributed by atoms with Crippen LogP contribution in [0.4, 0.5) is 10.3 Å². The van der Waals surface area contributed by atoms with Crippen LogP contribution in [0.1, 0.15) is 16.8 Å². The third kappa shape index (κ3) is 3.31. The van der Waals surface area contributed by atoms with E-state index in [1.165, 1.54) is 6.07 Å². The minimum absolute atomic E-state index is 0.108. The summed E-state index contributed by atoms with van der Waals surface area (Å²) in [5, 5.41) is 0. The summed E-state index contributed by atoms with van der Waals surface area (Å²) in [6.45, 7) is 2.58. The van der Waals surface area contributed by atoms with Crippen molar-refractivity contribution in [2.24, 2.45) is 0 Å². The smallest absolute Gasteiger partial charge is 0.256 e. The van der Waals surface area contributed by atoms with Crippen LogP contribution in [0.25, 0.3) is 11.0 Å². The van der Waals surface area contributed by atoms with E-state index < -0.39 is 5.82 Å². The van der Waals surface area contributed by atoms with Gasteiger partial charge in [0.05, 0.1) is 16.6 Å². The van der Waals surface area contributed by atoms with Crippen molar-refractivity contribution >= 4 is 38.8 Å². The summed E-state index contributed by atoms with van der Waals surface area (Å²) in [6, 6.07) is 12.4. The molecular weight excluding hydrogens is 399 g/mol. The summed E-state index contributed by atoms with van der Waals surface area (Å²) in [6.07, 6.45) is 0.804. The number of nitrogens with zero attached hydrogens (tertiary/aromatic N) is 3. The number of para-hydroxylation sites is 2. The molecule has 3 aromatic rings. The van der Waals surface area contributed by atoms with Crippen molar-refractivity contribution < 1.29 is 9.18 Å². The Bertz CT molecular complexity index is 925. The Kier molecular flexibility index (Phi) is 4.63. The van der Waals surface area contributed by atoms with Crippen LogP contribution in [-0.2, 0) is 0 Å². The lowest BCUT2D eigenvalue weighted by atomic mass is 10.2. The van der Waals surface area contributed by atoms with Gasteiger partial charge in [-0.15, -0.1) is 0 Å². The zero-order valence-corrected chi connectivity index (χ0v) is 15.7. The Hall–Kier alpha value is -2.41. The fourth-order valence-electron chi connectivity index (χ4n) is 3.25. The molecule has 0 radical (unpaired) electrons. The van der Waals surface area contributed by atoms with E-state index >= 15 is 0 Å². The summed E-state index contributed by atoms with van der Waals surface area (Å²) in [5.41, 5.74) is 2.03. The Balaban J connectivity index is 1.51. The summed E-state index contributed by atoms with van der Waals surface area (Å²) in [5.74, 6) is 0.0565. The van der Waals surface area contributed by atoms with Crippen molar-refractivity contribution in [3.63, 3.8) is 0 Å². The lowest BCUT2D eigenvalue weighted by Gasteiger charge is -2.22. The molecule has 0 unspecified atom stereocenters. The Labute approximate surface area is 158 Å². The van der Waals surface area contributed by atoms with Gasteiger partial charge in [0.2, 0.25) is 5.95 Å². The molecule has 0 saturated carbocycles. The summed E-state index contributed by atoms with van der Waals surface area (Å²) in [7, 11) is 0. The van der Waals surface area contributed by atoms with Crippen molar-refractivity contribution in [1.82, 2.24) is 14.9 Å². The van der Waals surface area contributed by atoms with E-state index in [9.17, 15) is 9.18 Å². The number of aromatic amines is 1. The zero-order chi connectivity index (χ0) is 18.1. The summed E-state index contributed by atoms with van der Waals surface area (Å²) >= 11 is 3.30. The molecule has 1 aliphatic rings. The molecule has 1 N–H and O–H groups in total. The molecule has 0 spiro atoms. The van der Waals surface area contributed by atoms with Gasteiger partial charge in [0.25, 0.3) is 5.91 Å². The predicted molar refractivity (Wildman–Crippen MR) is 103 cm³/mol. The van der Waals surface area contributed by atoms with Crippen LogP contribution in [0, 0.1) is 5.82 Å². The molecule has 4 rings (SSSR count). The number of aromatic nitrogens is 2. The van der Waals surface area contributed by atoms with E-state index in [-0.39, 0.29) is 11.5 Å². The van der Waals surface area contributed by atoms with Gasteiger partial charge in [-0.1, -0.05) is 28.1 Å². The van der Waals surface area contributed by atoms with Crippen molar-refractivity contribution in [1.29, 1.82) is 0 Å². The number of nitrogens with one attached hydrogen (secondary N) is 1. The van der Waals surface area contributed by atoms with Crippen molar-refractivity contribution in [3.05, 3.63) is 58.3 Å². The maximum absolute atomic E-state index is 14.0. The van der Waals surface area contributed by atoms with Crippen LogP contribution in [0.15, 0.2) is 46.9 Å². The normalized spacial score (nSPS) is 15.3. The highest BCUT2D eigenvalue weighted by Crippen LogP contribution is 2.21. The number of hydrogen-bond donors (Lipinski definition) is 1. The molecule has 7 heteroatoms. The van der Waals surface area contributed by atoms with E-state index in [1.54, 1.807) is 17.0 Å². The van der Waals surface area contributed by atoms with Gasteiger partial charge in [-0.3, -0.25) is 4.79 Å². The standard InChI is InChI=1S/C19H18BrFN4O/c20-13-6-7-15(21)14(12-13)18(26)24-8-3-9-25(11-10-24)19-22-16-4-1-2-5-17(16)23-19/h1-2,4-7,12H,3,8-11H2,(H,22,23). The number of anilines is 1. The summed E-state index contributed by atoms with van der Waals surface area (Å²) < 4.78 is 14.7. The fraction of sp³-hybridized carbons (Fsp3) is 0.263. The molecule has 0 atom stereocenters. The van der Waals surface area contributed by atoms with Crippen LogP contribution >= 0.6 is 15.9 Å². The van der Waals surface area contributed by atoms with Gasteiger partial charge in [-0.25, -0.2) is 9.37 Å². The first-order chi connectivity index (χ1) is 12.6. The van der Waals surface area contributed by atoms with Gasteiger partial charge in [0.1, 0.15) is 5.82 Å². The van der Waals surface area contributed by atoms with Crippen LogP contribution in [0.2, 0.25) is 0 Å². The molecule has 1 aromatic heterocycles. The Morgan fingerprint density at radius 3 is 2.81 bits per heavy atom. The van der Waals surface area contributed by atoms with Crippen molar-refractivity contribution in [2.45, 2.75) is 6.42 Å². The lowest BCUT2D eigenvalue weighted by molar-refractivity contribution is 0.0762. The van der Waals surface area contributed by atoms with Gasteiger partial charge in [0, 0.05) is 30.7 Å². The van der Waals surface area contributed by atoms with Gasteiger partial charge >= 0.3 is 0 Å². The van der Waals surface area contributed by atoms with Crippen LogP contribution in [-0.4, -0.2) is 47.0 Å². The van der Waals surface area contributed by atoms with E-state index in [0.29, 0.717) is 24.1 Å². The molecular formula is C19H18BrFN4O. The molecule has 1 fully saturated rings. The molecule has 0 bridgehead atoms. The molecule has 1 saturated heterocycles. The third-order valence-corrected chi connectivity index (χ3v) is 5.11. The first kappa shape index (κ1) is 17.0. The highest BCUT2D eigenvalue weighted by molar-refractivity contribution is 9.10. The molecule has 1 aliphatic heterocycles. The second kappa shape index (κ2) is 7.07. The minimum atomic E-state index is -0.489. The second-order valence-electron chi connectivity index (χ2n) is 6.33. The van der Waals surface area contributed by atoms with Gasteiger partial charge in [-0.2, -0.15) is 0 Å². The van der Waals surface area contributed by atoms with Crippen molar-refractivity contribution in [3.8, 4) is 0 Å². The van der Waals surface area contributed by atoms with Crippen LogP contribution in [0.3, 0.4) is 0 Å². The number of H-pyrrole nitrogens is 1. The number of halogens is 2. The minimum Gasteiger partial charge on any atom is -0.341 e. The number of imidazole rings is 1. The molecule has 26 heavy (non-hydrogen) atoms. The molecule has 2 aromatic carbocycles. The highest BCUT2D eigenvalue weighted by Gasteiger charge is 2.23. The Morgan fingerprint density at radius 1 is 1.12 bits per heavy atom. The van der Waals surface area contributed by atoms with Gasteiger partial charge < -0.3 is 14.8 Å². The van der Waals surface area contributed by atoms with Crippen LogP contribution in [0.5, 0.6) is 0 Å². The molecule has 5 nitrogen and oxygen atoms in total. The van der Waals surface area contributed by atoms with E-state index in [1.807, 2.05) is 24.3 Å². The number of amides is 1. The first-order valence-corrected chi connectivity index (χ1v) is 9.35. The van der Waals surface area contributed by atoms with Crippen LogP contribution < -0.4 is 4.90 Å². The number of carbonyl (C=O) groups excluding carboxylic acids is 1. The van der Waals surface area contributed by atoms with Gasteiger partial charge in [0.15, 0.2) is 0 Å². The van der Waals surface area contributed by atoms with Crippen molar-refractivity contribution in [2.75, 3.05) is 31.1 Å². The average Bonchev–Trinajstić information content (AvgIpc) is 2.92. The topological polar surface area (TPSA) is 52.2 Å². The first-order valence-electron chi connectivity index (χ1n) is 8.56. The quantitative estimate of drug-likeness (QED) is 0.690. The largest absolute Gasteiger partial charge is 0.341 e. The number of hydrogen-bond acceptors (Lipinski definition) is 3. The highest BCUT2D eigenvalue weighted by atomic mass is 79.9. The van der Waals surface area contributed by atoms with E-state index in [4.69, 9.17) is 0 Å². The number of fused-ring (bicyclic) bond motifs is 1. The third-order valence-electron chi connectivity index (χ3n) is 4.62. The number of benzene rings is 2. The van der Waals surface area contributed by atoms with Gasteiger partial charge in [-0.05, 0) is 36.8 Å². The molecule has 0 aliphatic carbocycles. The molecule has 134 valence electrons.